The lowest BCUT2D eigenvalue weighted by Crippen LogP contribution is -2.47. The first kappa shape index (κ1) is 16.6. The van der Waals surface area contributed by atoms with Crippen LogP contribution in [0.15, 0.2) is 22.7 Å². The van der Waals surface area contributed by atoms with Crippen molar-refractivity contribution in [2.45, 2.75) is 49.3 Å². The molecule has 4 rings (SSSR count). The van der Waals surface area contributed by atoms with Gasteiger partial charge in [-0.1, -0.05) is 17.8 Å². The van der Waals surface area contributed by atoms with Gasteiger partial charge in [-0.05, 0) is 50.0 Å². The molecule has 0 aliphatic heterocycles. The fraction of sp³-hybridized carbons (Fsp3) is 0.529. The third kappa shape index (κ3) is 3.44. The summed E-state index contributed by atoms with van der Waals surface area (Å²) >= 11 is 3.04. The molecule has 2 fully saturated rings. The fourth-order valence-corrected chi connectivity index (χ4v) is 4.46. The average Bonchev–Trinajstić information content (AvgIpc) is 3.53. The van der Waals surface area contributed by atoms with E-state index in [9.17, 15) is 10.1 Å². The molecule has 2 aliphatic carbocycles. The summed E-state index contributed by atoms with van der Waals surface area (Å²) in [6.07, 6.45) is 4.28. The third-order valence-corrected chi connectivity index (χ3v) is 6.48. The molecular formula is C17H19N5OS2. The van der Waals surface area contributed by atoms with Gasteiger partial charge in [0.05, 0.1) is 16.7 Å². The van der Waals surface area contributed by atoms with Crippen molar-refractivity contribution >= 4 is 29.0 Å². The van der Waals surface area contributed by atoms with Crippen LogP contribution in [0.2, 0.25) is 0 Å². The number of aromatic nitrogens is 3. The van der Waals surface area contributed by atoms with E-state index in [1.807, 2.05) is 24.4 Å². The van der Waals surface area contributed by atoms with Crippen molar-refractivity contribution < 1.29 is 4.79 Å². The maximum atomic E-state index is 12.3. The van der Waals surface area contributed by atoms with Gasteiger partial charge in [0.15, 0.2) is 11.0 Å². The molecule has 1 N–H and O–H groups in total. The van der Waals surface area contributed by atoms with E-state index >= 15 is 0 Å². The maximum absolute atomic E-state index is 12.3. The van der Waals surface area contributed by atoms with Gasteiger partial charge in [-0.2, -0.15) is 5.26 Å². The molecule has 2 aromatic rings. The van der Waals surface area contributed by atoms with E-state index in [2.05, 4.69) is 26.2 Å². The molecule has 6 nitrogen and oxygen atoms in total. The molecule has 25 heavy (non-hydrogen) atoms. The van der Waals surface area contributed by atoms with E-state index in [1.54, 1.807) is 11.3 Å². The van der Waals surface area contributed by atoms with Crippen LogP contribution in [0.4, 0.5) is 0 Å². The average molecular weight is 374 g/mol. The van der Waals surface area contributed by atoms with Gasteiger partial charge in [-0.25, -0.2) is 0 Å². The smallest absolute Gasteiger partial charge is 0.231 e. The number of nitrogens with zero attached hydrogens (tertiary/aromatic N) is 4. The molecule has 1 atom stereocenters. The Morgan fingerprint density at radius 1 is 1.48 bits per heavy atom. The molecule has 1 amide bonds. The van der Waals surface area contributed by atoms with Gasteiger partial charge in [0.25, 0.3) is 0 Å². The predicted molar refractivity (Wildman–Crippen MR) is 97.2 cm³/mol. The van der Waals surface area contributed by atoms with Gasteiger partial charge in [-0.15, -0.1) is 21.5 Å². The minimum absolute atomic E-state index is 0.121. The summed E-state index contributed by atoms with van der Waals surface area (Å²) < 4.78 is 2.16. The number of hydrogen-bond donors (Lipinski definition) is 1. The Kier molecular flexibility index (Phi) is 4.29. The van der Waals surface area contributed by atoms with Gasteiger partial charge in [0.1, 0.15) is 5.54 Å². The van der Waals surface area contributed by atoms with Crippen LogP contribution in [-0.4, -0.2) is 32.0 Å². The van der Waals surface area contributed by atoms with Crippen molar-refractivity contribution in [2.24, 2.45) is 5.92 Å². The van der Waals surface area contributed by atoms with Crippen LogP contribution < -0.4 is 5.32 Å². The minimum Gasteiger partial charge on any atom is -0.337 e. The molecule has 0 bridgehead atoms. The normalized spacial score (nSPS) is 19.2. The van der Waals surface area contributed by atoms with Crippen molar-refractivity contribution in [3.8, 4) is 16.8 Å². The van der Waals surface area contributed by atoms with Crippen molar-refractivity contribution in [1.82, 2.24) is 20.1 Å². The second-order valence-corrected chi connectivity index (χ2v) is 8.70. The van der Waals surface area contributed by atoms with Crippen LogP contribution in [0, 0.1) is 17.2 Å². The van der Waals surface area contributed by atoms with Crippen molar-refractivity contribution in [3.63, 3.8) is 0 Å². The molecule has 0 aromatic carbocycles. The zero-order valence-electron chi connectivity index (χ0n) is 13.9. The summed E-state index contributed by atoms with van der Waals surface area (Å²) in [5, 5.41) is 23.7. The van der Waals surface area contributed by atoms with Crippen molar-refractivity contribution in [2.75, 3.05) is 5.75 Å². The third-order valence-electron chi connectivity index (χ3n) is 4.68. The highest BCUT2D eigenvalue weighted by atomic mass is 32.2. The number of carbonyl (C=O) groups is 1. The number of nitriles is 1. The minimum atomic E-state index is -0.746. The Bertz CT molecular complexity index is 817. The maximum Gasteiger partial charge on any atom is 0.231 e. The summed E-state index contributed by atoms with van der Waals surface area (Å²) in [6, 6.07) is 6.75. The first-order valence-corrected chi connectivity index (χ1v) is 10.3. The van der Waals surface area contributed by atoms with E-state index in [0.717, 1.165) is 41.5 Å². The summed E-state index contributed by atoms with van der Waals surface area (Å²) in [4.78, 5) is 13.4. The summed E-state index contributed by atoms with van der Waals surface area (Å²) in [7, 11) is 0. The molecular weight excluding hydrogens is 354 g/mol. The predicted octanol–water partition coefficient (Wildman–Crippen LogP) is 3.24. The van der Waals surface area contributed by atoms with E-state index in [4.69, 9.17) is 0 Å². The lowest BCUT2D eigenvalue weighted by molar-refractivity contribution is -0.119. The van der Waals surface area contributed by atoms with Crippen LogP contribution in [0.25, 0.3) is 10.7 Å². The zero-order chi connectivity index (χ0) is 17.4. The van der Waals surface area contributed by atoms with Gasteiger partial charge >= 0.3 is 0 Å². The molecule has 2 saturated carbocycles. The molecule has 0 radical (unpaired) electrons. The Morgan fingerprint density at radius 3 is 2.88 bits per heavy atom. The van der Waals surface area contributed by atoms with Crippen LogP contribution in [0.1, 0.15) is 38.6 Å². The topological polar surface area (TPSA) is 83.6 Å². The van der Waals surface area contributed by atoms with E-state index in [-0.39, 0.29) is 17.6 Å². The summed E-state index contributed by atoms with van der Waals surface area (Å²) in [6.45, 7) is 1.81. The molecule has 0 spiro atoms. The SMILES string of the molecule is C[C@@](C#N)(NC(=O)CSc1nnc(-c2cccs2)n1C1CC1)C1CC1. The van der Waals surface area contributed by atoms with E-state index in [0.29, 0.717) is 6.04 Å². The monoisotopic (exact) mass is 373 g/mol. The van der Waals surface area contributed by atoms with E-state index < -0.39 is 5.54 Å². The lowest BCUT2D eigenvalue weighted by atomic mass is 9.98. The number of hydrogen-bond acceptors (Lipinski definition) is 6. The molecule has 2 aromatic heterocycles. The first-order valence-electron chi connectivity index (χ1n) is 8.44. The lowest BCUT2D eigenvalue weighted by Gasteiger charge is -2.22. The molecule has 0 unspecified atom stereocenters. The molecule has 8 heteroatoms. The summed E-state index contributed by atoms with van der Waals surface area (Å²) in [5.74, 6) is 1.30. The summed E-state index contributed by atoms with van der Waals surface area (Å²) in [5.41, 5.74) is -0.746. The Labute approximate surface area is 154 Å². The Morgan fingerprint density at radius 2 is 2.28 bits per heavy atom. The highest BCUT2D eigenvalue weighted by molar-refractivity contribution is 7.99. The van der Waals surface area contributed by atoms with Crippen molar-refractivity contribution in [1.29, 1.82) is 5.26 Å². The second kappa shape index (κ2) is 6.46. The van der Waals surface area contributed by atoms with Crippen LogP contribution in [0.5, 0.6) is 0 Å². The van der Waals surface area contributed by atoms with Gasteiger partial charge in [-0.3, -0.25) is 9.36 Å². The van der Waals surface area contributed by atoms with Crippen LogP contribution in [0.3, 0.4) is 0 Å². The van der Waals surface area contributed by atoms with Gasteiger partial charge in [0.2, 0.25) is 5.91 Å². The molecule has 0 saturated heterocycles. The fourth-order valence-electron chi connectivity index (χ4n) is 2.95. The quantitative estimate of drug-likeness (QED) is 0.753. The molecule has 2 heterocycles. The number of carbonyl (C=O) groups excluding carboxylic acids is 1. The second-order valence-electron chi connectivity index (χ2n) is 6.81. The van der Waals surface area contributed by atoms with E-state index in [1.165, 1.54) is 11.8 Å². The molecule has 130 valence electrons. The van der Waals surface area contributed by atoms with Crippen LogP contribution >= 0.6 is 23.1 Å². The number of rotatable bonds is 7. The van der Waals surface area contributed by atoms with Crippen LogP contribution in [-0.2, 0) is 4.79 Å². The largest absolute Gasteiger partial charge is 0.337 e. The highest BCUT2D eigenvalue weighted by Gasteiger charge is 2.43. The van der Waals surface area contributed by atoms with Crippen molar-refractivity contribution in [3.05, 3.63) is 17.5 Å². The van der Waals surface area contributed by atoms with Gasteiger partial charge in [0, 0.05) is 6.04 Å². The Balaban J connectivity index is 1.45. The highest BCUT2D eigenvalue weighted by Crippen LogP contribution is 2.42. The first-order chi connectivity index (χ1) is 12.1. The number of thioether (sulfide) groups is 1. The number of amides is 1. The standard InChI is InChI=1S/C17H19N5OS2/c1-17(10-18,11-4-5-11)19-14(23)9-25-16-21-20-15(13-3-2-8-24-13)22(16)12-6-7-12/h2-3,8,11-12H,4-7,9H2,1H3,(H,19,23)/t17-/m0/s1. The molecule has 2 aliphatic rings. The number of thiophene rings is 1. The van der Waals surface area contributed by atoms with Gasteiger partial charge < -0.3 is 5.32 Å². The zero-order valence-corrected chi connectivity index (χ0v) is 15.6. The number of nitrogens with one attached hydrogen (secondary N) is 1. The Hall–Kier alpha value is -1.85.